The van der Waals surface area contributed by atoms with Crippen LogP contribution < -0.4 is 5.32 Å². The Kier molecular flexibility index (Phi) is 2.73. The lowest BCUT2D eigenvalue weighted by Gasteiger charge is -2.30. The number of nitrogens with one attached hydrogen (secondary N) is 1. The summed E-state index contributed by atoms with van der Waals surface area (Å²) in [6.07, 6.45) is 1.96. The topological polar surface area (TPSA) is 38.3 Å². The molecule has 70 valence electrons. The molecule has 1 rings (SSSR count). The van der Waals surface area contributed by atoms with Gasteiger partial charge in [0, 0.05) is 0 Å². The number of hydrogen-bond acceptors (Lipinski definition) is 3. The van der Waals surface area contributed by atoms with E-state index < -0.39 is 5.54 Å². The number of carbonyl (C=O) groups is 1. The molecule has 1 atom stereocenters. The lowest BCUT2D eigenvalue weighted by atomic mass is 9.85. The van der Waals surface area contributed by atoms with Crippen LogP contribution in [0.5, 0.6) is 0 Å². The smallest absolute Gasteiger partial charge is 0.326 e. The van der Waals surface area contributed by atoms with Gasteiger partial charge >= 0.3 is 5.97 Å². The van der Waals surface area contributed by atoms with Crippen molar-refractivity contribution < 1.29 is 9.53 Å². The number of rotatable bonds is 2. The molecule has 0 amide bonds. The molecule has 0 radical (unpaired) electrons. The average Bonchev–Trinajstić information content (AvgIpc) is 2.52. The SMILES string of the molecule is COC(=O)[C@]1(C(C)C)CCCN1. The van der Waals surface area contributed by atoms with Gasteiger partial charge in [-0.15, -0.1) is 0 Å². The van der Waals surface area contributed by atoms with Crippen LogP contribution >= 0.6 is 0 Å². The van der Waals surface area contributed by atoms with Crippen LogP contribution in [0.1, 0.15) is 26.7 Å². The molecule has 0 spiro atoms. The quantitative estimate of drug-likeness (QED) is 0.628. The number of methoxy groups -OCH3 is 1. The van der Waals surface area contributed by atoms with Gasteiger partial charge in [0.1, 0.15) is 5.54 Å². The fourth-order valence-corrected chi connectivity index (χ4v) is 1.85. The third-order valence-corrected chi connectivity index (χ3v) is 2.72. The minimum Gasteiger partial charge on any atom is -0.468 e. The van der Waals surface area contributed by atoms with E-state index in [9.17, 15) is 4.79 Å². The van der Waals surface area contributed by atoms with Crippen molar-refractivity contribution in [3.05, 3.63) is 0 Å². The van der Waals surface area contributed by atoms with Crippen molar-refractivity contribution in [3.8, 4) is 0 Å². The fourth-order valence-electron chi connectivity index (χ4n) is 1.85. The molecule has 1 fully saturated rings. The summed E-state index contributed by atoms with van der Waals surface area (Å²) in [5.41, 5.74) is -0.408. The van der Waals surface area contributed by atoms with Crippen molar-refractivity contribution in [2.45, 2.75) is 32.2 Å². The maximum Gasteiger partial charge on any atom is 0.326 e. The Bertz CT molecular complexity index is 171. The second-order valence-corrected chi connectivity index (χ2v) is 3.65. The normalized spacial score (nSPS) is 29.3. The summed E-state index contributed by atoms with van der Waals surface area (Å²) in [6.45, 7) is 5.03. The van der Waals surface area contributed by atoms with E-state index in [-0.39, 0.29) is 5.97 Å². The summed E-state index contributed by atoms with van der Waals surface area (Å²) in [4.78, 5) is 11.5. The van der Waals surface area contributed by atoms with Gasteiger partial charge < -0.3 is 10.1 Å². The zero-order chi connectivity index (χ0) is 9.19. The van der Waals surface area contributed by atoms with E-state index in [1.54, 1.807) is 0 Å². The molecule has 0 unspecified atom stereocenters. The standard InChI is InChI=1S/C9H17NO2/c1-7(2)9(8(11)12-3)5-4-6-10-9/h7,10H,4-6H2,1-3H3/t9-/m1/s1. The first-order chi connectivity index (χ1) is 5.63. The molecule has 1 aliphatic heterocycles. The van der Waals surface area contributed by atoms with Gasteiger partial charge in [0.15, 0.2) is 0 Å². The van der Waals surface area contributed by atoms with Crippen LogP contribution in [0.25, 0.3) is 0 Å². The first kappa shape index (κ1) is 9.52. The molecular weight excluding hydrogens is 154 g/mol. The second-order valence-electron chi connectivity index (χ2n) is 3.65. The van der Waals surface area contributed by atoms with Crippen LogP contribution in [0.4, 0.5) is 0 Å². The summed E-state index contributed by atoms with van der Waals surface area (Å²) < 4.78 is 4.80. The number of ether oxygens (including phenoxy) is 1. The van der Waals surface area contributed by atoms with Gasteiger partial charge in [0.25, 0.3) is 0 Å². The highest BCUT2D eigenvalue weighted by atomic mass is 16.5. The molecule has 0 aromatic heterocycles. The first-order valence-corrected chi connectivity index (χ1v) is 4.47. The van der Waals surface area contributed by atoms with Gasteiger partial charge in [0.05, 0.1) is 7.11 Å². The van der Waals surface area contributed by atoms with Crippen LogP contribution in [-0.2, 0) is 9.53 Å². The lowest BCUT2D eigenvalue weighted by molar-refractivity contribution is -0.150. The van der Waals surface area contributed by atoms with E-state index >= 15 is 0 Å². The van der Waals surface area contributed by atoms with Gasteiger partial charge in [-0.2, -0.15) is 0 Å². The Morgan fingerprint density at radius 1 is 1.58 bits per heavy atom. The number of esters is 1. The van der Waals surface area contributed by atoms with E-state index in [1.807, 2.05) is 0 Å². The zero-order valence-corrected chi connectivity index (χ0v) is 8.02. The Labute approximate surface area is 73.5 Å². The third kappa shape index (κ3) is 1.33. The lowest BCUT2D eigenvalue weighted by Crippen LogP contribution is -2.52. The second kappa shape index (κ2) is 3.44. The molecule has 0 aromatic carbocycles. The summed E-state index contributed by atoms with van der Waals surface area (Å²) in [5.74, 6) is 0.183. The predicted molar refractivity (Wildman–Crippen MR) is 46.8 cm³/mol. The first-order valence-electron chi connectivity index (χ1n) is 4.47. The number of hydrogen-bond donors (Lipinski definition) is 1. The Morgan fingerprint density at radius 2 is 2.25 bits per heavy atom. The molecular formula is C9H17NO2. The van der Waals surface area contributed by atoms with E-state index in [2.05, 4.69) is 19.2 Å². The maximum absolute atomic E-state index is 11.5. The summed E-state index contributed by atoms with van der Waals surface area (Å²) in [5, 5.41) is 3.25. The molecule has 12 heavy (non-hydrogen) atoms. The predicted octanol–water partition coefficient (Wildman–Crippen LogP) is 0.938. The summed E-state index contributed by atoms with van der Waals surface area (Å²) in [7, 11) is 1.45. The van der Waals surface area contributed by atoms with Gasteiger partial charge in [-0.3, -0.25) is 4.79 Å². The van der Waals surface area contributed by atoms with E-state index in [1.165, 1.54) is 7.11 Å². The molecule has 1 N–H and O–H groups in total. The van der Waals surface area contributed by atoms with E-state index in [0.717, 1.165) is 19.4 Å². The Balaban J connectivity index is 2.78. The maximum atomic E-state index is 11.5. The highest BCUT2D eigenvalue weighted by molar-refractivity contribution is 5.81. The molecule has 3 heteroatoms. The molecule has 1 aliphatic rings. The molecule has 0 bridgehead atoms. The summed E-state index contributed by atoms with van der Waals surface area (Å²) >= 11 is 0. The van der Waals surface area contributed by atoms with Crippen LogP contribution in [0.3, 0.4) is 0 Å². The van der Waals surface area contributed by atoms with Crippen molar-refractivity contribution in [1.82, 2.24) is 5.32 Å². The third-order valence-electron chi connectivity index (χ3n) is 2.72. The van der Waals surface area contributed by atoms with Crippen LogP contribution in [0, 0.1) is 5.92 Å². The Hall–Kier alpha value is -0.570. The van der Waals surface area contributed by atoms with Crippen molar-refractivity contribution in [1.29, 1.82) is 0 Å². The molecule has 3 nitrogen and oxygen atoms in total. The molecule has 1 saturated heterocycles. The van der Waals surface area contributed by atoms with E-state index in [4.69, 9.17) is 4.74 Å². The molecule has 0 aliphatic carbocycles. The Morgan fingerprint density at radius 3 is 2.58 bits per heavy atom. The van der Waals surface area contributed by atoms with Gasteiger partial charge in [-0.1, -0.05) is 13.8 Å². The van der Waals surface area contributed by atoms with Gasteiger partial charge in [-0.25, -0.2) is 0 Å². The highest BCUT2D eigenvalue weighted by Crippen LogP contribution is 2.28. The van der Waals surface area contributed by atoms with Crippen molar-refractivity contribution in [3.63, 3.8) is 0 Å². The number of carbonyl (C=O) groups excluding carboxylic acids is 1. The molecule has 0 saturated carbocycles. The van der Waals surface area contributed by atoms with Crippen LogP contribution in [0.2, 0.25) is 0 Å². The van der Waals surface area contributed by atoms with Crippen molar-refractivity contribution >= 4 is 5.97 Å². The highest BCUT2D eigenvalue weighted by Gasteiger charge is 2.44. The zero-order valence-electron chi connectivity index (χ0n) is 8.02. The van der Waals surface area contributed by atoms with Crippen LogP contribution in [0.15, 0.2) is 0 Å². The van der Waals surface area contributed by atoms with E-state index in [0.29, 0.717) is 5.92 Å². The summed E-state index contributed by atoms with van der Waals surface area (Å²) in [6, 6.07) is 0. The molecule has 0 aromatic rings. The fraction of sp³-hybridized carbons (Fsp3) is 0.889. The van der Waals surface area contributed by atoms with Gasteiger partial charge in [0.2, 0.25) is 0 Å². The minimum atomic E-state index is -0.408. The minimum absolute atomic E-state index is 0.116. The van der Waals surface area contributed by atoms with Crippen molar-refractivity contribution in [2.75, 3.05) is 13.7 Å². The van der Waals surface area contributed by atoms with Crippen LogP contribution in [-0.4, -0.2) is 25.2 Å². The van der Waals surface area contributed by atoms with Crippen molar-refractivity contribution in [2.24, 2.45) is 5.92 Å². The average molecular weight is 171 g/mol. The molecule has 1 heterocycles. The van der Waals surface area contributed by atoms with Gasteiger partial charge in [-0.05, 0) is 25.3 Å². The largest absolute Gasteiger partial charge is 0.468 e. The monoisotopic (exact) mass is 171 g/mol.